The minimum Gasteiger partial charge on any atom is -0.354 e. The van der Waals surface area contributed by atoms with Gasteiger partial charge >= 0.3 is 0 Å². The molecule has 0 spiro atoms. The van der Waals surface area contributed by atoms with Crippen molar-refractivity contribution in [3.63, 3.8) is 0 Å². The molecule has 0 aliphatic carbocycles. The second-order valence-corrected chi connectivity index (χ2v) is 4.16. The predicted octanol–water partition coefficient (Wildman–Crippen LogP) is 0.897. The maximum absolute atomic E-state index is 11.8. The molecule has 0 unspecified atom stereocenters. The van der Waals surface area contributed by atoms with Gasteiger partial charge in [-0.2, -0.15) is 0 Å². The van der Waals surface area contributed by atoms with Gasteiger partial charge in [0.2, 0.25) is 5.95 Å². The number of H-pyrrole nitrogens is 1. The summed E-state index contributed by atoms with van der Waals surface area (Å²) in [6, 6.07) is 7.31. The van der Waals surface area contributed by atoms with Crippen LogP contribution in [0, 0.1) is 0 Å². The topological polar surface area (TPSA) is 61.0 Å². The van der Waals surface area contributed by atoms with Gasteiger partial charge in [0, 0.05) is 13.1 Å². The number of nitrogens with zero attached hydrogens (tertiary/aromatic N) is 2. The molecule has 5 nitrogen and oxygen atoms in total. The van der Waals surface area contributed by atoms with Gasteiger partial charge < -0.3 is 10.2 Å². The molecule has 2 N–H and O–H groups in total. The second kappa shape index (κ2) is 4.97. The molecule has 1 aromatic carbocycles. The van der Waals surface area contributed by atoms with Crippen molar-refractivity contribution in [2.45, 2.75) is 0 Å². The number of hydrogen-bond donors (Lipinski definition) is 2. The molecule has 0 saturated carbocycles. The Hall–Kier alpha value is -1.88. The lowest BCUT2D eigenvalue weighted by atomic mass is 10.2. The zero-order valence-electron chi connectivity index (χ0n) is 10.0. The molecule has 2 aromatic rings. The molecule has 0 radical (unpaired) electrons. The zero-order chi connectivity index (χ0) is 12.3. The number of aromatic amines is 1. The van der Waals surface area contributed by atoms with Gasteiger partial charge in [0.25, 0.3) is 5.56 Å². The Morgan fingerprint density at radius 2 is 2.12 bits per heavy atom. The first-order valence-corrected chi connectivity index (χ1v) is 5.54. The molecule has 0 saturated heterocycles. The number of aromatic nitrogens is 2. The van der Waals surface area contributed by atoms with E-state index in [1.165, 1.54) is 0 Å². The normalized spacial score (nSPS) is 11.0. The largest absolute Gasteiger partial charge is 0.354 e. The minimum atomic E-state index is -0.108. The number of fused-ring (bicyclic) bond motifs is 1. The van der Waals surface area contributed by atoms with Crippen LogP contribution in [0.2, 0.25) is 0 Å². The van der Waals surface area contributed by atoms with E-state index in [-0.39, 0.29) is 5.56 Å². The number of rotatable bonds is 4. The number of hydrogen-bond acceptors (Lipinski definition) is 4. The number of benzene rings is 1. The van der Waals surface area contributed by atoms with Crippen molar-refractivity contribution < 1.29 is 0 Å². The van der Waals surface area contributed by atoms with Gasteiger partial charge in [0.05, 0.1) is 10.9 Å². The first-order chi connectivity index (χ1) is 8.16. The van der Waals surface area contributed by atoms with E-state index < -0.39 is 0 Å². The lowest BCUT2D eigenvalue weighted by molar-refractivity contribution is 0.425. The summed E-state index contributed by atoms with van der Waals surface area (Å²) in [6.45, 7) is 1.63. The smallest absolute Gasteiger partial charge is 0.260 e. The summed E-state index contributed by atoms with van der Waals surface area (Å²) in [5.74, 6) is 0.524. The van der Waals surface area contributed by atoms with E-state index in [2.05, 4.69) is 20.2 Å². The third-order valence-electron chi connectivity index (χ3n) is 2.46. The molecular formula is C12H16N4O. The van der Waals surface area contributed by atoms with Crippen LogP contribution in [0.25, 0.3) is 10.9 Å². The molecule has 2 rings (SSSR count). The number of para-hydroxylation sites is 1. The minimum absolute atomic E-state index is 0.108. The van der Waals surface area contributed by atoms with Gasteiger partial charge in [-0.15, -0.1) is 0 Å². The van der Waals surface area contributed by atoms with E-state index in [1.807, 2.05) is 32.3 Å². The summed E-state index contributed by atoms with van der Waals surface area (Å²) < 4.78 is 0. The highest BCUT2D eigenvalue weighted by Gasteiger charge is 2.02. The quantitative estimate of drug-likeness (QED) is 0.822. The third kappa shape index (κ3) is 2.82. The molecule has 0 atom stereocenters. The lowest BCUT2D eigenvalue weighted by Gasteiger charge is -2.10. The summed E-state index contributed by atoms with van der Waals surface area (Å²) in [6.07, 6.45) is 0. The van der Waals surface area contributed by atoms with Crippen LogP contribution in [-0.4, -0.2) is 42.1 Å². The highest BCUT2D eigenvalue weighted by atomic mass is 16.1. The average molecular weight is 232 g/mol. The van der Waals surface area contributed by atoms with Crippen molar-refractivity contribution in [1.29, 1.82) is 0 Å². The van der Waals surface area contributed by atoms with Crippen molar-refractivity contribution in [1.82, 2.24) is 14.9 Å². The SMILES string of the molecule is CN(C)CCNc1nc2ccccc2c(=O)[nH]1. The molecule has 0 amide bonds. The Morgan fingerprint density at radius 3 is 2.88 bits per heavy atom. The maximum Gasteiger partial charge on any atom is 0.260 e. The zero-order valence-corrected chi connectivity index (χ0v) is 10.0. The van der Waals surface area contributed by atoms with Crippen molar-refractivity contribution in [3.8, 4) is 0 Å². The molecule has 1 aromatic heterocycles. The second-order valence-electron chi connectivity index (χ2n) is 4.16. The molecular weight excluding hydrogens is 216 g/mol. The van der Waals surface area contributed by atoms with Gasteiger partial charge in [0.1, 0.15) is 0 Å². The molecule has 1 heterocycles. The number of likely N-dealkylation sites (N-methyl/N-ethyl adjacent to an activating group) is 1. The Bertz CT molecular complexity index is 562. The van der Waals surface area contributed by atoms with E-state index in [1.54, 1.807) is 6.07 Å². The Morgan fingerprint density at radius 1 is 1.35 bits per heavy atom. The van der Waals surface area contributed by atoms with Crippen molar-refractivity contribution in [2.75, 3.05) is 32.5 Å². The molecule has 90 valence electrons. The molecule has 17 heavy (non-hydrogen) atoms. The van der Waals surface area contributed by atoms with Gasteiger partial charge in [-0.3, -0.25) is 9.78 Å². The summed E-state index contributed by atoms with van der Waals surface area (Å²) in [4.78, 5) is 20.9. The van der Waals surface area contributed by atoms with Crippen LogP contribution in [0.3, 0.4) is 0 Å². The first kappa shape index (κ1) is 11.6. The molecule has 0 bridgehead atoms. The highest BCUT2D eigenvalue weighted by Crippen LogP contribution is 2.07. The predicted molar refractivity (Wildman–Crippen MR) is 69.4 cm³/mol. The highest BCUT2D eigenvalue weighted by molar-refractivity contribution is 5.78. The van der Waals surface area contributed by atoms with Gasteiger partial charge in [-0.05, 0) is 26.2 Å². The Labute approximate surface area is 99.5 Å². The van der Waals surface area contributed by atoms with Crippen molar-refractivity contribution in [3.05, 3.63) is 34.6 Å². The maximum atomic E-state index is 11.8. The van der Waals surface area contributed by atoms with E-state index >= 15 is 0 Å². The van der Waals surface area contributed by atoms with Gasteiger partial charge in [-0.1, -0.05) is 12.1 Å². The fourth-order valence-corrected chi connectivity index (χ4v) is 1.57. The third-order valence-corrected chi connectivity index (χ3v) is 2.46. The van der Waals surface area contributed by atoms with Crippen molar-refractivity contribution in [2.24, 2.45) is 0 Å². The fraction of sp³-hybridized carbons (Fsp3) is 0.333. The standard InChI is InChI=1S/C12H16N4O/c1-16(2)8-7-13-12-14-10-6-4-3-5-9(10)11(17)15-12/h3-6H,7-8H2,1-2H3,(H2,13,14,15,17). The Balaban J connectivity index is 2.22. The monoisotopic (exact) mass is 232 g/mol. The molecule has 0 aliphatic heterocycles. The first-order valence-electron chi connectivity index (χ1n) is 5.54. The van der Waals surface area contributed by atoms with Gasteiger partial charge in [0.15, 0.2) is 0 Å². The summed E-state index contributed by atoms with van der Waals surface area (Å²) >= 11 is 0. The molecule has 0 aliphatic rings. The van der Waals surface area contributed by atoms with Gasteiger partial charge in [-0.25, -0.2) is 4.98 Å². The molecule has 0 fully saturated rings. The van der Waals surface area contributed by atoms with Crippen LogP contribution in [-0.2, 0) is 0 Å². The van der Waals surface area contributed by atoms with E-state index in [4.69, 9.17) is 0 Å². The number of anilines is 1. The summed E-state index contributed by atoms with van der Waals surface area (Å²) in [5, 5.41) is 3.72. The van der Waals surface area contributed by atoms with E-state index in [9.17, 15) is 4.79 Å². The van der Waals surface area contributed by atoms with Crippen LogP contribution < -0.4 is 10.9 Å². The van der Waals surface area contributed by atoms with Crippen LogP contribution in [0.4, 0.5) is 5.95 Å². The van der Waals surface area contributed by atoms with Crippen LogP contribution in [0.5, 0.6) is 0 Å². The van der Waals surface area contributed by atoms with Crippen LogP contribution >= 0.6 is 0 Å². The summed E-state index contributed by atoms with van der Waals surface area (Å²) in [7, 11) is 4.00. The van der Waals surface area contributed by atoms with Crippen molar-refractivity contribution >= 4 is 16.9 Å². The van der Waals surface area contributed by atoms with Crippen LogP contribution in [0.1, 0.15) is 0 Å². The fourth-order valence-electron chi connectivity index (χ4n) is 1.57. The average Bonchev–Trinajstić information content (AvgIpc) is 2.28. The molecule has 5 heteroatoms. The number of nitrogens with one attached hydrogen (secondary N) is 2. The van der Waals surface area contributed by atoms with E-state index in [0.29, 0.717) is 16.9 Å². The van der Waals surface area contributed by atoms with Crippen LogP contribution in [0.15, 0.2) is 29.1 Å². The summed E-state index contributed by atoms with van der Waals surface area (Å²) in [5.41, 5.74) is 0.603. The Kier molecular flexibility index (Phi) is 3.39. The van der Waals surface area contributed by atoms with E-state index in [0.717, 1.165) is 13.1 Å². The lowest BCUT2D eigenvalue weighted by Crippen LogP contribution is -2.22.